The Morgan fingerprint density at radius 3 is 2.45 bits per heavy atom. The van der Waals surface area contributed by atoms with Crippen molar-refractivity contribution in [3.05, 3.63) is 29.8 Å². The number of hydrogen-bond acceptors (Lipinski definition) is 5. The molecule has 1 aromatic rings. The number of amides is 1. The lowest BCUT2D eigenvalue weighted by molar-refractivity contribution is -0.00923. The van der Waals surface area contributed by atoms with Gasteiger partial charge in [-0.3, -0.25) is 9.69 Å². The van der Waals surface area contributed by atoms with Crippen LogP contribution in [0.2, 0.25) is 0 Å². The monoisotopic (exact) mass is 423 g/mol. The van der Waals surface area contributed by atoms with E-state index in [9.17, 15) is 13.2 Å². The van der Waals surface area contributed by atoms with Crippen LogP contribution >= 0.6 is 0 Å². The van der Waals surface area contributed by atoms with Crippen LogP contribution in [0.4, 0.5) is 0 Å². The molecule has 2 heterocycles. The molecule has 3 rings (SSSR count). The molecule has 0 radical (unpaired) electrons. The Hall–Kier alpha value is -1.48. The number of hydrogen-bond donors (Lipinski definition) is 1. The van der Waals surface area contributed by atoms with Gasteiger partial charge in [-0.15, -0.1) is 0 Å². The van der Waals surface area contributed by atoms with E-state index in [0.29, 0.717) is 44.3 Å². The lowest BCUT2D eigenvalue weighted by Gasteiger charge is -2.40. The van der Waals surface area contributed by atoms with Crippen molar-refractivity contribution in [2.75, 3.05) is 45.9 Å². The smallest absolute Gasteiger partial charge is 0.251 e. The molecule has 0 saturated carbocycles. The zero-order valence-electron chi connectivity index (χ0n) is 17.7. The molecule has 0 bridgehead atoms. The molecule has 2 fully saturated rings. The molecule has 0 unspecified atom stereocenters. The van der Waals surface area contributed by atoms with Crippen molar-refractivity contribution in [3.8, 4) is 0 Å². The Kier molecular flexibility index (Phi) is 6.98. The van der Waals surface area contributed by atoms with E-state index in [1.54, 1.807) is 16.4 Å². The molecular weight excluding hydrogens is 390 g/mol. The number of rotatable bonds is 6. The molecule has 1 N–H and O–H groups in total. The summed E-state index contributed by atoms with van der Waals surface area (Å²) in [5.41, 5.74) is 0.293. The Labute approximate surface area is 174 Å². The highest BCUT2D eigenvalue weighted by molar-refractivity contribution is 7.89. The van der Waals surface area contributed by atoms with Crippen LogP contribution in [0.1, 0.15) is 44.0 Å². The third-order valence-electron chi connectivity index (χ3n) is 5.92. The maximum atomic E-state index is 12.9. The molecule has 162 valence electrons. The first-order valence-electron chi connectivity index (χ1n) is 10.4. The van der Waals surface area contributed by atoms with Crippen molar-refractivity contribution in [1.82, 2.24) is 14.5 Å². The maximum Gasteiger partial charge on any atom is 0.251 e. The minimum Gasteiger partial charge on any atom is -0.379 e. The van der Waals surface area contributed by atoms with Crippen LogP contribution in [0.3, 0.4) is 0 Å². The average molecular weight is 424 g/mol. The Bertz CT molecular complexity index is 802. The molecule has 2 saturated heterocycles. The highest BCUT2D eigenvalue weighted by atomic mass is 32.2. The van der Waals surface area contributed by atoms with Crippen molar-refractivity contribution in [2.45, 2.75) is 44.0 Å². The fourth-order valence-corrected chi connectivity index (χ4v) is 5.57. The second-order valence-corrected chi connectivity index (χ2v) is 10.7. The number of piperidine rings is 1. The molecule has 2 aliphatic heterocycles. The van der Waals surface area contributed by atoms with E-state index in [1.807, 2.05) is 0 Å². The minimum absolute atomic E-state index is 0.173. The minimum atomic E-state index is -3.50. The van der Waals surface area contributed by atoms with Crippen molar-refractivity contribution in [1.29, 1.82) is 0 Å². The van der Waals surface area contributed by atoms with Crippen LogP contribution < -0.4 is 5.32 Å². The summed E-state index contributed by atoms with van der Waals surface area (Å²) in [5, 5.41) is 2.98. The third-order valence-corrected chi connectivity index (χ3v) is 7.80. The summed E-state index contributed by atoms with van der Waals surface area (Å²) in [6.45, 7) is 11.0. The molecule has 1 atom stereocenters. The van der Waals surface area contributed by atoms with Gasteiger partial charge >= 0.3 is 0 Å². The lowest BCUT2D eigenvalue weighted by atomic mass is 10.0. The van der Waals surface area contributed by atoms with Crippen LogP contribution in [0.5, 0.6) is 0 Å². The van der Waals surface area contributed by atoms with Gasteiger partial charge in [-0.05, 0) is 56.9 Å². The Morgan fingerprint density at radius 2 is 1.83 bits per heavy atom. The molecule has 1 aromatic carbocycles. The van der Waals surface area contributed by atoms with E-state index in [1.165, 1.54) is 12.1 Å². The van der Waals surface area contributed by atoms with E-state index in [2.05, 4.69) is 31.0 Å². The van der Waals surface area contributed by atoms with Gasteiger partial charge in [-0.1, -0.05) is 6.92 Å². The van der Waals surface area contributed by atoms with Gasteiger partial charge in [0.1, 0.15) is 0 Å². The predicted octanol–water partition coefficient (Wildman–Crippen LogP) is 1.95. The summed E-state index contributed by atoms with van der Waals surface area (Å²) in [6, 6.07) is 6.27. The molecule has 7 nitrogen and oxygen atoms in total. The Morgan fingerprint density at radius 1 is 1.17 bits per heavy atom. The molecule has 29 heavy (non-hydrogen) atoms. The van der Waals surface area contributed by atoms with Gasteiger partial charge in [-0.2, -0.15) is 4.31 Å². The topological polar surface area (TPSA) is 79.0 Å². The van der Waals surface area contributed by atoms with Crippen LogP contribution in [-0.4, -0.2) is 75.0 Å². The summed E-state index contributed by atoms with van der Waals surface area (Å²) < 4.78 is 32.7. The summed E-state index contributed by atoms with van der Waals surface area (Å²) in [5.74, 6) is 0.181. The first kappa shape index (κ1) is 22.2. The summed E-state index contributed by atoms with van der Waals surface area (Å²) in [7, 11) is -3.50. The van der Waals surface area contributed by atoms with E-state index in [4.69, 9.17) is 4.74 Å². The normalized spacial score (nSPS) is 22.4. The standard InChI is InChI=1S/C21H33N3O4S/c1-17-5-4-10-24(15-17)29(26,27)19-8-6-18(7-9-19)20(25)22-16-21(2,3)23-11-13-28-14-12-23/h6-9,17H,4-5,10-16H2,1-3H3,(H,22,25)/t17-/m1/s1. The van der Waals surface area contributed by atoms with Gasteiger partial charge in [0.15, 0.2) is 0 Å². The lowest BCUT2D eigenvalue weighted by Crippen LogP contribution is -2.55. The van der Waals surface area contributed by atoms with E-state index < -0.39 is 10.0 Å². The molecule has 1 amide bonds. The van der Waals surface area contributed by atoms with E-state index in [-0.39, 0.29) is 16.3 Å². The van der Waals surface area contributed by atoms with Gasteiger partial charge < -0.3 is 10.1 Å². The average Bonchev–Trinajstić information content (AvgIpc) is 2.73. The first-order chi connectivity index (χ1) is 13.7. The summed E-state index contributed by atoms with van der Waals surface area (Å²) in [6.07, 6.45) is 1.95. The fourth-order valence-electron chi connectivity index (χ4n) is 3.97. The fraction of sp³-hybridized carbons (Fsp3) is 0.667. The van der Waals surface area contributed by atoms with Gasteiger partial charge in [0.25, 0.3) is 5.91 Å². The highest BCUT2D eigenvalue weighted by Gasteiger charge is 2.30. The molecule has 0 aromatic heterocycles. The van der Waals surface area contributed by atoms with Crippen molar-refractivity contribution in [3.63, 3.8) is 0 Å². The molecule has 0 aliphatic carbocycles. The second kappa shape index (κ2) is 9.12. The van der Waals surface area contributed by atoms with Gasteiger partial charge in [0.05, 0.1) is 18.1 Å². The third kappa shape index (κ3) is 5.36. The van der Waals surface area contributed by atoms with Crippen molar-refractivity contribution in [2.24, 2.45) is 5.92 Å². The maximum absolute atomic E-state index is 12.9. The zero-order valence-corrected chi connectivity index (χ0v) is 18.5. The summed E-state index contributed by atoms with van der Waals surface area (Å²) in [4.78, 5) is 15.1. The van der Waals surface area contributed by atoms with Crippen LogP contribution in [0.25, 0.3) is 0 Å². The van der Waals surface area contributed by atoms with Crippen LogP contribution in [0, 0.1) is 5.92 Å². The number of ether oxygens (including phenoxy) is 1. The first-order valence-corrected chi connectivity index (χ1v) is 11.9. The number of nitrogens with zero attached hydrogens (tertiary/aromatic N) is 2. The predicted molar refractivity (Wildman–Crippen MR) is 112 cm³/mol. The summed E-state index contributed by atoms with van der Waals surface area (Å²) >= 11 is 0. The van der Waals surface area contributed by atoms with Crippen LogP contribution in [0.15, 0.2) is 29.2 Å². The Balaban J connectivity index is 1.61. The van der Waals surface area contributed by atoms with Gasteiger partial charge in [-0.25, -0.2) is 8.42 Å². The SMILES string of the molecule is C[C@@H]1CCCN(S(=O)(=O)c2ccc(C(=O)NCC(C)(C)N3CCOCC3)cc2)C1. The number of carbonyl (C=O) groups excluding carboxylic acids is 1. The van der Waals surface area contributed by atoms with Gasteiger partial charge in [0, 0.05) is 43.8 Å². The number of carbonyl (C=O) groups is 1. The molecular formula is C21H33N3O4S. The number of sulfonamides is 1. The van der Waals surface area contributed by atoms with Crippen LogP contribution in [-0.2, 0) is 14.8 Å². The van der Waals surface area contributed by atoms with Crippen molar-refractivity contribution < 1.29 is 17.9 Å². The number of morpholine rings is 1. The number of nitrogens with one attached hydrogen (secondary N) is 1. The number of benzene rings is 1. The van der Waals surface area contributed by atoms with Crippen molar-refractivity contribution >= 4 is 15.9 Å². The van der Waals surface area contributed by atoms with E-state index >= 15 is 0 Å². The van der Waals surface area contributed by atoms with E-state index in [0.717, 1.165) is 25.9 Å². The largest absolute Gasteiger partial charge is 0.379 e. The molecule has 2 aliphatic rings. The molecule has 0 spiro atoms. The highest BCUT2D eigenvalue weighted by Crippen LogP contribution is 2.23. The molecule has 8 heteroatoms. The zero-order chi connectivity index (χ0) is 21.1. The van der Waals surface area contributed by atoms with Gasteiger partial charge in [0.2, 0.25) is 10.0 Å². The quantitative estimate of drug-likeness (QED) is 0.757. The second-order valence-electron chi connectivity index (χ2n) is 8.73.